The molecule has 81 heavy (non-hydrogen) atoms. The summed E-state index contributed by atoms with van der Waals surface area (Å²) in [4.78, 5) is 0. The molecule has 0 heterocycles. The van der Waals surface area contributed by atoms with E-state index < -0.39 is 0 Å². The molecule has 0 aliphatic heterocycles. The standard InChI is InChI=1S/C38H50N4O2.C31H44N4O2/c1-4-27-19-33(37-29(11-15-39)23-35(43-3)24-30(37)12-16-40)20-28(5-2)36(27)34-21-31(13-17-41)38(32(22-34)14-18-42)44-25-26-9-7-6-8-10-26;1-4-20-14-26(30-22(6-10-32)18-28(37-3)19-23(30)7-11-33)15-21(5-2)29(20)27-16-24(8-12-34)31(36)25(17-27)9-13-35/h6-10,19-24H,4-5,11-18,25,39-42H2,1-3H3;14-19,36H,4-13,32-35H2,1-3H3. The maximum absolute atomic E-state index is 10.8. The molecule has 0 bridgehead atoms. The zero-order valence-corrected chi connectivity index (χ0v) is 49.5. The van der Waals surface area contributed by atoms with Crippen LogP contribution in [-0.2, 0) is 83.7 Å². The average Bonchev–Trinajstić information content (AvgIpc) is 3.66. The Bertz CT molecular complexity index is 2980. The van der Waals surface area contributed by atoms with Gasteiger partial charge in [0.1, 0.15) is 29.6 Å². The average molecular weight is 1100 g/mol. The van der Waals surface area contributed by atoms with Crippen LogP contribution in [0, 0.1) is 0 Å². The number of phenols is 1. The largest absolute Gasteiger partial charge is 0.507 e. The van der Waals surface area contributed by atoms with Crippen LogP contribution in [-0.4, -0.2) is 71.7 Å². The van der Waals surface area contributed by atoms with E-state index in [1.54, 1.807) is 14.2 Å². The zero-order valence-electron chi connectivity index (χ0n) is 49.5. The number of hydrogen-bond acceptors (Lipinski definition) is 12. The van der Waals surface area contributed by atoms with Crippen LogP contribution in [0.4, 0.5) is 0 Å². The van der Waals surface area contributed by atoms with Gasteiger partial charge in [-0.2, -0.15) is 0 Å². The van der Waals surface area contributed by atoms with Gasteiger partial charge >= 0.3 is 0 Å². The summed E-state index contributed by atoms with van der Waals surface area (Å²) >= 11 is 0. The Hall–Kier alpha value is -6.58. The predicted molar refractivity (Wildman–Crippen MR) is 340 cm³/mol. The Morgan fingerprint density at radius 2 is 0.593 bits per heavy atom. The van der Waals surface area contributed by atoms with Gasteiger partial charge in [-0.05, 0) is 295 Å². The second kappa shape index (κ2) is 32.2. The van der Waals surface area contributed by atoms with E-state index in [1.165, 1.54) is 83.5 Å². The Balaban J connectivity index is 0.000000265. The number of rotatable bonds is 29. The summed E-state index contributed by atoms with van der Waals surface area (Å²) in [6.07, 6.45) is 9.31. The number of nitrogens with two attached hydrogens (primary N) is 8. The van der Waals surface area contributed by atoms with Crippen molar-refractivity contribution in [3.63, 3.8) is 0 Å². The molecule has 0 saturated carbocycles. The van der Waals surface area contributed by atoms with Crippen molar-refractivity contribution in [2.45, 2.75) is 111 Å². The first-order valence-electron chi connectivity index (χ1n) is 29.5. The quantitative estimate of drug-likeness (QED) is 0.0213. The first kappa shape index (κ1) is 63.6. The maximum Gasteiger partial charge on any atom is 0.126 e. The van der Waals surface area contributed by atoms with E-state index >= 15 is 0 Å². The van der Waals surface area contributed by atoms with Crippen LogP contribution < -0.4 is 60.1 Å². The topological polar surface area (TPSA) is 256 Å². The van der Waals surface area contributed by atoms with Crippen LogP contribution in [0.15, 0.2) is 103 Å². The lowest BCUT2D eigenvalue weighted by Gasteiger charge is -2.23. The molecule has 434 valence electrons. The van der Waals surface area contributed by atoms with Crippen molar-refractivity contribution in [2.24, 2.45) is 45.9 Å². The number of ether oxygens (including phenoxy) is 3. The van der Waals surface area contributed by atoms with Crippen molar-refractivity contribution in [3.8, 4) is 67.5 Å². The molecule has 0 atom stereocenters. The van der Waals surface area contributed by atoms with Crippen molar-refractivity contribution in [1.82, 2.24) is 0 Å². The molecule has 0 aliphatic rings. The molecule has 12 nitrogen and oxygen atoms in total. The van der Waals surface area contributed by atoms with Gasteiger partial charge < -0.3 is 65.2 Å². The van der Waals surface area contributed by atoms with Crippen molar-refractivity contribution < 1.29 is 19.3 Å². The molecule has 12 heteroatoms. The van der Waals surface area contributed by atoms with Gasteiger partial charge in [-0.1, -0.05) is 82.3 Å². The predicted octanol–water partition coefficient (Wildman–Crippen LogP) is 9.60. The fraction of sp³-hybridized carbons (Fsp3) is 0.391. The number of benzene rings is 7. The zero-order chi connectivity index (χ0) is 58.4. The van der Waals surface area contributed by atoms with E-state index in [0.29, 0.717) is 77.6 Å². The molecule has 7 aromatic carbocycles. The van der Waals surface area contributed by atoms with Gasteiger partial charge in [-0.3, -0.25) is 0 Å². The number of hydrogen-bond donors (Lipinski definition) is 9. The number of phenolic OH excluding ortho intramolecular Hbond substituents is 1. The third kappa shape index (κ3) is 15.7. The summed E-state index contributed by atoms with van der Waals surface area (Å²) in [6, 6.07) is 36.8. The fourth-order valence-electron chi connectivity index (χ4n) is 11.6. The van der Waals surface area contributed by atoms with Crippen LogP contribution in [0.3, 0.4) is 0 Å². The third-order valence-corrected chi connectivity index (χ3v) is 15.3. The lowest BCUT2D eigenvalue weighted by Crippen LogP contribution is -2.11. The molecule has 0 saturated heterocycles. The Morgan fingerprint density at radius 1 is 0.333 bits per heavy atom. The molecule has 7 aromatic rings. The van der Waals surface area contributed by atoms with Gasteiger partial charge in [-0.25, -0.2) is 0 Å². The van der Waals surface area contributed by atoms with E-state index in [0.717, 1.165) is 115 Å². The SMILES string of the molecule is CCc1cc(-c2c(CCN)cc(OC)cc2CCN)cc(CC)c1-c1cc(CCN)c(O)c(CCN)c1.CCc1cc(-c2c(CCN)cc(OC)cc2CCN)cc(CC)c1-c1cc(CCN)c(OCc2ccccc2)c(CCN)c1. The van der Waals surface area contributed by atoms with Crippen molar-refractivity contribution >= 4 is 0 Å². The first-order chi connectivity index (χ1) is 39.5. The lowest BCUT2D eigenvalue weighted by molar-refractivity contribution is 0.300. The van der Waals surface area contributed by atoms with E-state index in [-0.39, 0.29) is 0 Å². The molecule has 17 N–H and O–H groups in total. The smallest absolute Gasteiger partial charge is 0.126 e. The maximum atomic E-state index is 10.8. The molecule has 0 aromatic heterocycles. The minimum absolute atomic E-state index is 0.323. The molecular weight excluding hydrogens is 1000 g/mol. The van der Waals surface area contributed by atoms with Gasteiger partial charge in [0, 0.05) is 0 Å². The molecule has 7 rings (SSSR count). The van der Waals surface area contributed by atoms with Crippen LogP contribution in [0.25, 0.3) is 44.5 Å². The highest BCUT2D eigenvalue weighted by Gasteiger charge is 2.23. The fourth-order valence-corrected chi connectivity index (χ4v) is 11.6. The van der Waals surface area contributed by atoms with Crippen LogP contribution in [0.5, 0.6) is 23.0 Å². The van der Waals surface area contributed by atoms with E-state index in [1.807, 2.05) is 18.2 Å². The molecule has 0 fully saturated rings. The van der Waals surface area contributed by atoms with Gasteiger partial charge in [0.2, 0.25) is 0 Å². The minimum Gasteiger partial charge on any atom is -0.507 e. The van der Waals surface area contributed by atoms with Gasteiger partial charge in [0.15, 0.2) is 0 Å². The highest BCUT2D eigenvalue weighted by Crippen LogP contribution is 2.43. The van der Waals surface area contributed by atoms with Crippen molar-refractivity contribution in [1.29, 1.82) is 0 Å². The summed E-state index contributed by atoms with van der Waals surface area (Å²) in [5.41, 5.74) is 73.0. The Labute approximate surface area is 483 Å². The Morgan fingerprint density at radius 3 is 0.877 bits per heavy atom. The highest BCUT2D eigenvalue weighted by atomic mass is 16.5. The van der Waals surface area contributed by atoms with Gasteiger partial charge in [-0.15, -0.1) is 0 Å². The summed E-state index contributed by atoms with van der Waals surface area (Å²) in [5, 5.41) is 10.8. The first-order valence-corrected chi connectivity index (χ1v) is 29.5. The Kier molecular flexibility index (Phi) is 25.3. The molecule has 0 radical (unpaired) electrons. The summed E-state index contributed by atoms with van der Waals surface area (Å²) in [5.74, 6) is 2.92. The molecule has 0 unspecified atom stereocenters. The number of methoxy groups -OCH3 is 2. The second-order valence-corrected chi connectivity index (χ2v) is 20.7. The second-order valence-electron chi connectivity index (χ2n) is 20.7. The molecule has 0 amide bonds. The monoisotopic (exact) mass is 1100 g/mol. The van der Waals surface area contributed by atoms with Crippen LogP contribution in [0.2, 0.25) is 0 Å². The lowest BCUT2D eigenvalue weighted by atomic mass is 9.83. The van der Waals surface area contributed by atoms with Gasteiger partial charge in [0.05, 0.1) is 14.2 Å². The number of aryl methyl sites for hydroxylation is 4. The van der Waals surface area contributed by atoms with Crippen molar-refractivity contribution in [3.05, 3.63) is 175 Å². The summed E-state index contributed by atoms with van der Waals surface area (Å²) in [6.45, 7) is 13.6. The number of aromatic hydroxyl groups is 1. The molecular formula is C69H94N8O4. The van der Waals surface area contributed by atoms with E-state index in [9.17, 15) is 5.11 Å². The van der Waals surface area contributed by atoms with Crippen LogP contribution >= 0.6 is 0 Å². The summed E-state index contributed by atoms with van der Waals surface area (Å²) < 4.78 is 17.7. The van der Waals surface area contributed by atoms with E-state index in [4.69, 9.17) is 60.1 Å². The molecule has 0 spiro atoms. The highest BCUT2D eigenvalue weighted by molar-refractivity contribution is 5.83. The summed E-state index contributed by atoms with van der Waals surface area (Å²) in [7, 11) is 3.41. The van der Waals surface area contributed by atoms with E-state index in [2.05, 4.69) is 113 Å². The van der Waals surface area contributed by atoms with Crippen molar-refractivity contribution in [2.75, 3.05) is 66.6 Å². The van der Waals surface area contributed by atoms with Crippen LogP contribution in [0.1, 0.15) is 100 Å². The molecule has 0 aliphatic carbocycles. The van der Waals surface area contributed by atoms with Gasteiger partial charge in [0.25, 0.3) is 0 Å². The third-order valence-electron chi connectivity index (χ3n) is 15.3. The minimum atomic E-state index is 0.323. The normalized spacial score (nSPS) is 11.2.